The first-order chi connectivity index (χ1) is 16.6. The maximum absolute atomic E-state index is 12.8. The van der Waals surface area contributed by atoms with Gasteiger partial charge in [0.05, 0.1) is 6.04 Å². The zero-order valence-electron chi connectivity index (χ0n) is 19.2. The van der Waals surface area contributed by atoms with Crippen LogP contribution in [0.15, 0.2) is 35.5 Å². The lowest BCUT2D eigenvalue weighted by molar-refractivity contribution is -0.142. The summed E-state index contributed by atoms with van der Waals surface area (Å²) in [6.45, 7) is 0.202. The van der Waals surface area contributed by atoms with E-state index in [9.17, 15) is 24.3 Å². The van der Waals surface area contributed by atoms with E-state index in [1.54, 1.807) is 6.20 Å². The van der Waals surface area contributed by atoms with E-state index in [2.05, 4.69) is 20.6 Å². The van der Waals surface area contributed by atoms with Crippen LogP contribution < -0.4 is 33.6 Å². The maximum Gasteiger partial charge on any atom is 0.326 e. The van der Waals surface area contributed by atoms with E-state index >= 15 is 0 Å². The number of para-hydroxylation sites is 1. The molecule has 1 aromatic heterocycles. The molecule has 2 aromatic rings. The van der Waals surface area contributed by atoms with E-state index in [0.29, 0.717) is 6.42 Å². The van der Waals surface area contributed by atoms with Gasteiger partial charge in [0, 0.05) is 30.1 Å². The van der Waals surface area contributed by atoms with Crippen LogP contribution in [0.5, 0.6) is 0 Å². The number of aliphatic imine (C=N–C) groups is 1. The minimum Gasteiger partial charge on any atom is -0.480 e. The number of nitrogens with two attached hydrogens (primary N) is 4. The Balaban J connectivity index is 2.08. The molecule has 13 nitrogen and oxygen atoms in total. The zero-order chi connectivity index (χ0) is 26.0. The van der Waals surface area contributed by atoms with Crippen LogP contribution >= 0.6 is 0 Å². The van der Waals surface area contributed by atoms with Gasteiger partial charge in [0.1, 0.15) is 12.1 Å². The molecule has 0 bridgehead atoms. The first kappa shape index (κ1) is 27.1. The summed E-state index contributed by atoms with van der Waals surface area (Å²) in [5.41, 5.74) is 23.6. The number of hydrogen-bond acceptors (Lipinski definition) is 6. The molecule has 0 saturated heterocycles. The molecule has 0 aliphatic rings. The largest absolute Gasteiger partial charge is 0.480 e. The molecule has 190 valence electrons. The summed E-state index contributed by atoms with van der Waals surface area (Å²) >= 11 is 0. The molecule has 0 unspecified atom stereocenters. The summed E-state index contributed by atoms with van der Waals surface area (Å²) in [6, 6.07) is 4.15. The fourth-order valence-electron chi connectivity index (χ4n) is 3.50. The van der Waals surface area contributed by atoms with Crippen molar-refractivity contribution >= 4 is 40.6 Å². The number of aromatic nitrogens is 1. The third-order valence-corrected chi connectivity index (χ3v) is 5.32. The number of aliphatic carboxylic acids is 1. The van der Waals surface area contributed by atoms with Crippen LogP contribution in [0.2, 0.25) is 0 Å². The SMILES string of the molecule is NC(=O)CC[C@H](NC(=O)[C@H](CCCN=C(N)N)NC(=O)[C@@H](N)Cc1c[nH]c2ccccc12)C(=O)O. The molecule has 2 rings (SSSR count). The average Bonchev–Trinajstić information content (AvgIpc) is 3.20. The quantitative estimate of drug-likeness (QED) is 0.0872. The normalized spacial score (nSPS) is 13.4. The van der Waals surface area contributed by atoms with Crippen molar-refractivity contribution in [3.05, 3.63) is 36.0 Å². The Morgan fingerprint density at radius 1 is 1.00 bits per heavy atom. The lowest BCUT2D eigenvalue weighted by atomic mass is 10.0. The van der Waals surface area contributed by atoms with Gasteiger partial charge in [0.15, 0.2) is 5.96 Å². The molecule has 0 saturated carbocycles. The Morgan fingerprint density at radius 3 is 2.34 bits per heavy atom. The van der Waals surface area contributed by atoms with E-state index in [1.165, 1.54) is 0 Å². The number of fused-ring (bicyclic) bond motifs is 1. The van der Waals surface area contributed by atoms with Crippen molar-refractivity contribution in [2.24, 2.45) is 27.9 Å². The molecule has 13 heteroatoms. The van der Waals surface area contributed by atoms with Crippen LogP contribution in [0.3, 0.4) is 0 Å². The third kappa shape index (κ3) is 8.62. The van der Waals surface area contributed by atoms with E-state index in [-0.39, 0.29) is 38.2 Å². The van der Waals surface area contributed by atoms with Crippen LogP contribution in [-0.4, -0.2) is 64.4 Å². The first-order valence-electron chi connectivity index (χ1n) is 11.1. The second kappa shape index (κ2) is 12.9. The predicted octanol–water partition coefficient (Wildman–Crippen LogP) is -1.59. The molecule has 0 aliphatic heterocycles. The number of benzene rings is 1. The van der Waals surface area contributed by atoms with Gasteiger partial charge in [-0.1, -0.05) is 18.2 Å². The van der Waals surface area contributed by atoms with Crippen LogP contribution in [0, 0.1) is 0 Å². The highest BCUT2D eigenvalue weighted by Gasteiger charge is 2.28. The van der Waals surface area contributed by atoms with Crippen molar-refractivity contribution in [2.75, 3.05) is 6.54 Å². The molecule has 0 fully saturated rings. The highest BCUT2D eigenvalue weighted by molar-refractivity contribution is 5.92. The third-order valence-electron chi connectivity index (χ3n) is 5.32. The van der Waals surface area contributed by atoms with E-state index in [0.717, 1.165) is 16.5 Å². The molecule has 35 heavy (non-hydrogen) atoms. The summed E-state index contributed by atoms with van der Waals surface area (Å²) in [4.78, 5) is 55.1. The number of nitrogens with one attached hydrogen (secondary N) is 3. The van der Waals surface area contributed by atoms with Gasteiger partial charge in [0.25, 0.3) is 0 Å². The molecule has 3 amide bonds. The minimum absolute atomic E-state index is 0.117. The summed E-state index contributed by atoms with van der Waals surface area (Å²) in [5.74, 6) is -3.47. The highest BCUT2D eigenvalue weighted by atomic mass is 16.4. The average molecular weight is 489 g/mol. The molecule has 3 atom stereocenters. The summed E-state index contributed by atoms with van der Waals surface area (Å²) in [6.07, 6.45) is 2.02. The number of amides is 3. The molecule has 0 aliphatic carbocycles. The Hall–Kier alpha value is -4.13. The topological polar surface area (TPSA) is 245 Å². The lowest BCUT2D eigenvalue weighted by Crippen LogP contribution is -2.54. The number of hydrogen-bond donors (Lipinski definition) is 8. The van der Waals surface area contributed by atoms with Crippen LogP contribution in [-0.2, 0) is 25.6 Å². The number of guanidine groups is 1. The summed E-state index contributed by atoms with van der Waals surface area (Å²) in [7, 11) is 0. The fourth-order valence-corrected chi connectivity index (χ4v) is 3.50. The Labute approximate surface area is 201 Å². The fraction of sp³-hybridized carbons (Fsp3) is 0.409. The maximum atomic E-state index is 12.8. The number of nitrogens with zero attached hydrogens (tertiary/aromatic N) is 1. The van der Waals surface area contributed by atoms with Gasteiger partial charge in [-0.2, -0.15) is 0 Å². The number of carboxylic acids is 1. The van der Waals surface area contributed by atoms with Gasteiger partial charge >= 0.3 is 5.97 Å². The van der Waals surface area contributed by atoms with E-state index in [4.69, 9.17) is 22.9 Å². The number of carbonyl (C=O) groups excluding carboxylic acids is 3. The number of H-pyrrole nitrogens is 1. The van der Waals surface area contributed by atoms with Gasteiger partial charge in [-0.15, -0.1) is 0 Å². The number of carboxylic acid groups (broad SMARTS) is 1. The molecule has 12 N–H and O–H groups in total. The first-order valence-corrected chi connectivity index (χ1v) is 11.1. The predicted molar refractivity (Wildman–Crippen MR) is 130 cm³/mol. The smallest absolute Gasteiger partial charge is 0.326 e. The van der Waals surface area contributed by atoms with Crippen LogP contribution in [0.4, 0.5) is 0 Å². The van der Waals surface area contributed by atoms with Crippen molar-refractivity contribution in [3.63, 3.8) is 0 Å². The zero-order valence-corrected chi connectivity index (χ0v) is 19.2. The van der Waals surface area contributed by atoms with Crippen molar-refractivity contribution < 1.29 is 24.3 Å². The summed E-state index contributed by atoms with van der Waals surface area (Å²) in [5, 5.41) is 15.2. The monoisotopic (exact) mass is 488 g/mol. The standard InChI is InChI=1S/C22H32N8O5/c23-14(10-12-11-28-15-5-2-1-4-13(12)15)19(32)29-16(6-3-9-27-22(25)26)20(33)30-17(21(34)35)7-8-18(24)31/h1-2,4-5,11,14,16-17,28H,3,6-10,23H2,(H2,24,31)(H,29,32)(H,30,33)(H,34,35)(H4,25,26,27)/t14-,16-,17-/m0/s1. The van der Waals surface area contributed by atoms with E-state index in [1.807, 2.05) is 24.3 Å². The molecular formula is C22H32N8O5. The second-order valence-electron chi connectivity index (χ2n) is 8.08. The summed E-state index contributed by atoms with van der Waals surface area (Å²) < 4.78 is 0. The molecule has 1 heterocycles. The molecule has 0 radical (unpaired) electrons. The van der Waals surface area contributed by atoms with Crippen LogP contribution in [0.1, 0.15) is 31.2 Å². The lowest BCUT2D eigenvalue weighted by Gasteiger charge is -2.22. The van der Waals surface area contributed by atoms with Crippen molar-refractivity contribution in [3.8, 4) is 0 Å². The van der Waals surface area contributed by atoms with Gasteiger partial charge in [0.2, 0.25) is 17.7 Å². The Kier molecular flexibility index (Phi) is 10.0. The van der Waals surface area contributed by atoms with Crippen molar-refractivity contribution in [1.29, 1.82) is 0 Å². The number of primary amides is 1. The molecular weight excluding hydrogens is 456 g/mol. The van der Waals surface area contributed by atoms with Crippen molar-refractivity contribution in [2.45, 2.75) is 50.2 Å². The molecule has 0 spiro atoms. The van der Waals surface area contributed by atoms with Gasteiger partial charge in [-0.05, 0) is 37.3 Å². The van der Waals surface area contributed by atoms with Crippen LogP contribution in [0.25, 0.3) is 10.9 Å². The number of carbonyl (C=O) groups is 4. The minimum atomic E-state index is -1.35. The number of aromatic amines is 1. The number of rotatable bonds is 14. The van der Waals surface area contributed by atoms with E-state index < -0.39 is 41.8 Å². The second-order valence-corrected chi connectivity index (χ2v) is 8.08. The Bertz CT molecular complexity index is 1080. The Morgan fingerprint density at radius 2 is 1.69 bits per heavy atom. The van der Waals surface area contributed by atoms with Crippen molar-refractivity contribution in [1.82, 2.24) is 15.6 Å². The van der Waals surface area contributed by atoms with Gasteiger partial charge in [-0.25, -0.2) is 4.79 Å². The highest BCUT2D eigenvalue weighted by Crippen LogP contribution is 2.18. The molecule has 1 aromatic carbocycles. The van der Waals surface area contributed by atoms with Gasteiger partial charge < -0.3 is 43.7 Å². The van der Waals surface area contributed by atoms with Gasteiger partial charge in [-0.3, -0.25) is 19.4 Å².